The topological polar surface area (TPSA) is 68.3 Å². The molecule has 0 fully saturated rings. The summed E-state index contributed by atoms with van der Waals surface area (Å²) in [5.74, 6) is 0.707. The number of rotatable bonds is 4. The number of anilines is 1. The second kappa shape index (κ2) is 6.28. The van der Waals surface area contributed by atoms with Crippen LogP contribution < -0.4 is 5.32 Å². The first-order valence-electron chi connectivity index (χ1n) is 5.50. The number of hydrogen-bond donors (Lipinski definition) is 1. The lowest BCUT2D eigenvalue weighted by molar-refractivity contribution is -0.385. The van der Waals surface area contributed by atoms with E-state index in [2.05, 4.69) is 53.1 Å². The van der Waals surface area contributed by atoms with Gasteiger partial charge in [0.15, 0.2) is 4.67 Å². The summed E-state index contributed by atoms with van der Waals surface area (Å²) in [4.78, 5) is 10.5. The molecule has 0 bridgehead atoms. The molecule has 0 amide bonds. The number of benzene rings is 1. The Bertz CT molecular complexity index is 651. The van der Waals surface area contributed by atoms with Gasteiger partial charge >= 0.3 is 0 Å². The van der Waals surface area contributed by atoms with Gasteiger partial charge in [-0.25, -0.2) is 0 Å². The van der Waals surface area contributed by atoms with E-state index < -0.39 is 4.92 Å². The van der Waals surface area contributed by atoms with E-state index in [0.717, 1.165) is 8.95 Å². The van der Waals surface area contributed by atoms with E-state index in [9.17, 15) is 10.1 Å². The van der Waals surface area contributed by atoms with E-state index in [1.54, 1.807) is 13.0 Å². The molecule has 0 atom stereocenters. The zero-order valence-electron chi connectivity index (χ0n) is 10.2. The third-order valence-electron chi connectivity index (χ3n) is 2.63. The molecule has 20 heavy (non-hydrogen) atoms. The second-order valence-corrected chi connectivity index (χ2v) is 6.49. The first kappa shape index (κ1) is 15.5. The van der Waals surface area contributed by atoms with Gasteiger partial charge in [0.05, 0.1) is 21.6 Å². The van der Waals surface area contributed by atoms with Crippen molar-refractivity contribution in [2.45, 2.75) is 13.5 Å². The summed E-state index contributed by atoms with van der Waals surface area (Å²) in [7, 11) is 0. The van der Waals surface area contributed by atoms with Gasteiger partial charge in [-0.1, -0.05) is 0 Å². The maximum Gasteiger partial charge on any atom is 0.274 e. The summed E-state index contributed by atoms with van der Waals surface area (Å²) in [5.41, 5.74) is 1.33. The maximum absolute atomic E-state index is 10.9. The van der Waals surface area contributed by atoms with E-state index in [1.807, 2.05) is 6.07 Å². The van der Waals surface area contributed by atoms with Gasteiger partial charge in [-0.05, 0) is 66.8 Å². The van der Waals surface area contributed by atoms with Gasteiger partial charge in [0.1, 0.15) is 5.76 Å². The highest BCUT2D eigenvalue weighted by Crippen LogP contribution is 2.32. The first-order valence-corrected chi connectivity index (χ1v) is 7.88. The molecule has 0 aliphatic heterocycles. The molecule has 1 N–H and O–H groups in total. The number of halogens is 3. The molecule has 1 heterocycles. The van der Waals surface area contributed by atoms with Crippen LogP contribution in [-0.4, -0.2) is 4.92 Å². The van der Waals surface area contributed by atoms with Crippen molar-refractivity contribution in [1.82, 2.24) is 0 Å². The van der Waals surface area contributed by atoms with Crippen molar-refractivity contribution < 1.29 is 9.34 Å². The van der Waals surface area contributed by atoms with Crippen LogP contribution in [0.25, 0.3) is 0 Å². The van der Waals surface area contributed by atoms with E-state index in [0.29, 0.717) is 28.2 Å². The Balaban J connectivity index is 2.21. The van der Waals surface area contributed by atoms with Crippen LogP contribution in [0.5, 0.6) is 0 Å². The van der Waals surface area contributed by atoms with Crippen molar-refractivity contribution >= 4 is 59.2 Å². The molecule has 5 nitrogen and oxygen atoms in total. The lowest BCUT2D eigenvalue weighted by atomic mass is 10.2. The van der Waals surface area contributed by atoms with Crippen LogP contribution in [0.1, 0.15) is 11.3 Å². The summed E-state index contributed by atoms with van der Waals surface area (Å²) in [6.45, 7) is 2.12. The maximum atomic E-state index is 10.9. The lowest BCUT2D eigenvalue weighted by Crippen LogP contribution is -2.01. The molecule has 0 unspecified atom stereocenters. The predicted molar refractivity (Wildman–Crippen MR) is 87.0 cm³/mol. The molecular weight excluding hydrogens is 460 g/mol. The normalized spacial score (nSPS) is 10.6. The summed E-state index contributed by atoms with van der Waals surface area (Å²) in [6.07, 6.45) is 0. The largest absolute Gasteiger partial charge is 0.451 e. The Kier molecular flexibility index (Phi) is 4.87. The molecule has 0 saturated carbocycles. The van der Waals surface area contributed by atoms with Crippen molar-refractivity contribution in [3.05, 3.63) is 53.3 Å². The molecule has 0 radical (unpaired) electrons. The second-order valence-electron chi connectivity index (χ2n) is 4.06. The molecule has 1 aromatic heterocycles. The number of furan rings is 1. The fourth-order valence-corrected chi connectivity index (χ4v) is 2.91. The summed E-state index contributed by atoms with van der Waals surface area (Å²) in [5, 5.41) is 14.0. The van der Waals surface area contributed by atoms with Crippen LogP contribution in [0.4, 0.5) is 11.4 Å². The van der Waals surface area contributed by atoms with Crippen molar-refractivity contribution in [2.24, 2.45) is 0 Å². The van der Waals surface area contributed by atoms with Crippen molar-refractivity contribution in [2.75, 3.05) is 5.32 Å². The molecule has 0 aliphatic carbocycles. The third kappa shape index (κ3) is 3.42. The summed E-state index contributed by atoms with van der Waals surface area (Å²) in [6, 6.07) is 5.05. The van der Waals surface area contributed by atoms with E-state index in [4.69, 9.17) is 4.42 Å². The first-order chi connectivity index (χ1) is 9.38. The molecule has 2 aromatic rings. The highest BCUT2D eigenvalue weighted by molar-refractivity contribution is 9.13. The van der Waals surface area contributed by atoms with E-state index >= 15 is 0 Å². The molecule has 8 heteroatoms. The Morgan fingerprint density at radius 1 is 1.25 bits per heavy atom. The Morgan fingerprint density at radius 3 is 2.50 bits per heavy atom. The van der Waals surface area contributed by atoms with Crippen LogP contribution in [0.2, 0.25) is 0 Å². The van der Waals surface area contributed by atoms with Crippen LogP contribution in [0.3, 0.4) is 0 Å². The minimum absolute atomic E-state index is 0.0810. The molecule has 0 spiro atoms. The van der Waals surface area contributed by atoms with Crippen molar-refractivity contribution in [3.8, 4) is 0 Å². The smallest absolute Gasteiger partial charge is 0.274 e. The summed E-state index contributed by atoms with van der Waals surface area (Å²) < 4.78 is 7.64. The fraction of sp³-hybridized carbons (Fsp3) is 0.167. The minimum Gasteiger partial charge on any atom is -0.451 e. The van der Waals surface area contributed by atoms with Crippen LogP contribution in [-0.2, 0) is 6.54 Å². The van der Waals surface area contributed by atoms with Crippen LogP contribution in [0.15, 0.2) is 36.2 Å². The molecule has 0 saturated heterocycles. The zero-order valence-corrected chi connectivity index (χ0v) is 15.0. The van der Waals surface area contributed by atoms with Gasteiger partial charge in [0, 0.05) is 16.1 Å². The molecule has 1 aromatic carbocycles. The standard InChI is InChI=1S/C12H9Br3N2O3/c1-6-2-8(13)10(4-11(6)17(18)19)16-5-7-3-9(14)12(15)20-7/h2-4,16H,5H2,1H3. The number of hydrogen-bond acceptors (Lipinski definition) is 4. The fourth-order valence-electron chi connectivity index (χ4n) is 1.65. The number of nitrogens with one attached hydrogen (secondary N) is 1. The average Bonchev–Trinajstić information content (AvgIpc) is 2.67. The van der Waals surface area contributed by atoms with Crippen LogP contribution in [0, 0.1) is 17.0 Å². The van der Waals surface area contributed by atoms with Crippen molar-refractivity contribution in [1.29, 1.82) is 0 Å². The Labute approximate surface area is 140 Å². The monoisotopic (exact) mass is 466 g/mol. The molecular formula is C12H9Br3N2O3. The molecule has 2 rings (SSSR count). The van der Waals surface area contributed by atoms with Crippen LogP contribution >= 0.6 is 47.8 Å². The Hall–Kier alpha value is -0.860. The summed E-state index contributed by atoms with van der Waals surface area (Å²) >= 11 is 9.98. The number of nitrogens with zero attached hydrogens (tertiary/aromatic N) is 1. The predicted octanol–water partition coefficient (Wildman–Crippen LogP) is 5.40. The number of nitro groups is 1. The van der Waals surface area contributed by atoms with E-state index in [1.165, 1.54) is 6.07 Å². The zero-order chi connectivity index (χ0) is 14.9. The lowest BCUT2D eigenvalue weighted by Gasteiger charge is -2.08. The molecule has 0 aliphatic rings. The van der Waals surface area contributed by atoms with Gasteiger partial charge in [-0.15, -0.1) is 0 Å². The highest BCUT2D eigenvalue weighted by Gasteiger charge is 2.14. The minimum atomic E-state index is -0.396. The van der Waals surface area contributed by atoms with Gasteiger partial charge in [0.25, 0.3) is 5.69 Å². The third-order valence-corrected chi connectivity index (χ3v) is 5.00. The van der Waals surface area contributed by atoms with E-state index in [-0.39, 0.29) is 5.69 Å². The quantitative estimate of drug-likeness (QED) is 0.482. The van der Waals surface area contributed by atoms with Gasteiger partial charge < -0.3 is 9.73 Å². The Morgan fingerprint density at radius 2 is 1.95 bits per heavy atom. The van der Waals surface area contributed by atoms with Gasteiger partial charge in [0.2, 0.25) is 0 Å². The average molecular weight is 469 g/mol. The van der Waals surface area contributed by atoms with Crippen molar-refractivity contribution in [3.63, 3.8) is 0 Å². The number of nitro benzene ring substituents is 1. The SMILES string of the molecule is Cc1cc(Br)c(NCc2cc(Br)c(Br)o2)cc1[N+](=O)[O-]. The number of aryl methyl sites for hydroxylation is 1. The molecule has 106 valence electrons. The highest BCUT2D eigenvalue weighted by atomic mass is 79.9. The van der Waals surface area contributed by atoms with Gasteiger partial charge in [-0.2, -0.15) is 0 Å². The van der Waals surface area contributed by atoms with Gasteiger partial charge in [-0.3, -0.25) is 10.1 Å².